The van der Waals surface area contributed by atoms with Crippen LogP contribution in [0.1, 0.15) is 63.7 Å². The van der Waals surface area contributed by atoms with Gasteiger partial charge in [-0.15, -0.1) is 0 Å². The van der Waals surface area contributed by atoms with Crippen molar-refractivity contribution in [2.24, 2.45) is 17.6 Å². The van der Waals surface area contributed by atoms with Gasteiger partial charge in [0.2, 0.25) is 5.56 Å². The molecule has 1 fully saturated rings. The van der Waals surface area contributed by atoms with Crippen molar-refractivity contribution in [3.8, 4) is 5.75 Å². The van der Waals surface area contributed by atoms with Crippen LogP contribution in [0.3, 0.4) is 0 Å². The zero-order chi connectivity index (χ0) is 28.0. The van der Waals surface area contributed by atoms with Gasteiger partial charge in [-0.25, -0.2) is 0 Å². The lowest BCUT2D eigenvalue weighted by molar-refractivity contribution is 0.175. The molecule has 0 bridgehead atoms. The normalized spacial score (nSPS) is 19.2. The summed E-state index contributed by atoms with van der Waals surface area (Å²) in [5.41, 5.74) is 8.72. The van der Waals surface area contributed by atoms with Gasteiger partial charge in [-0.05, 0) is 85.6 Å². The van der Waals surface area contributed by atoms with Crippen molar-refractivity contribution in [1.82, 2.24) is 10.3 Å². The predicted molar refractivity (Wildman–Crippen MR) is 164 cm³/mol. The van der Waals surface area contributed by atoms with E-state index in [2.05, 4.69) is 50.2 Å². The molecule has 1 aliphatic rings. The van der Waals surface area contributed by atoms with Crippen LogP contribution in [0.25, 0.3) is 10.9 Å². The molecule has 0 saturated heterocycles. The van der Waals surface area contributed by atoms with Gasteiger partial charge in [0, 0.05) is 18.0 Å². The summed E-state index contributed by atoms with van der Waals surface area (Å²) in [4.78, 5) is 15.4. The molecule has 4 N–H and O–H groups in total. The van der Waals surface area contributed by atoms with Crippen LogP contribution in [-0.2, 0) is 11.0 Å². The van der Waals surface area contributed by atoms with Crippen molar-refractivity contribution in [1.29, 1.82) is 0 Å². The van der Waals surface area contributed by atoms with E-state index in [9.17, 15) is 4.79 Å². The minimum Gasteiger partial charge on any atom is -0.487 e. The van der Waals surface area contributed by atoms with Gasteiger partial charge in [0.05, 0.1) is 11.6 Å². The first-order valence-corrected chi connectivity index (χ1v) is 17.4. The van der Waals surface area contributed by atoms with Gasteiger partial charge in [0.25, 0.3) is 0 Å². The molecule has 3 atom stereocenters. The molecule has 3 aromatic rings. The lowest BCUT2D eigenvalue weighted by Gasteiger charge is -2.40. The first-order chi connectivity index (χ1) is 18.6. The quantitative estimate of drug-likeness (QED) is 0.237. The van der Waals surface area contributed by atoms with Crippen molar-refractivity contribution < 1.29 is 9.16 Å². The number of hydrogen-bond donors (Lipinski definition) is 3. The largest absolute Gasteiger partial charge is 0.487 e. The van der Waals surface area contributed by atoms with E-state index in [1.54, 1.807) is 6.07 Å². The average Bonchev–Trinajstić information content (AvgIpc) is 2.91. The number of pyridine rings is 1. The standard InChI is InChI=1S/C32H47N3O3Si/c1-32(2,3)39(4,5)38-29(21-34-20-25-13-9-12-24(18-25)19-33)26-14-16-28(31-27(26)15-17-30(36)35-31)37-22-23-10-7-6-8-11-23/h6-8,10-11,14-17,24-25,29,34H,9,12-13,18-22,33H2,1-5H3,(H,35,36)/t24?,25?,29-/m0/s1. The molecule has 4 rings (SSSR count). The molecule has 39 heavy (non-hydrogen) atoms. The van der Waals surface area contributed by atoms with Crippen molar-refractivity contribution in [2.45, 2.75) is 77.3 Å². The molecular weight excluding hydrogens is 502 g/mol. The molecule has 0 aliphatic heterocycles. The fourth-order valence-electron chi connectivity index (χ4n) is 5.35. The summed E-state index contributed by atoms with van der Waals surface area (Å²) in [5, 5.41) is 4.80. The highest BCUT2D eigenvalue weighted by Crippen LogP contribution is 2.41. The zero-order valence-corrected chi connectivity index (χ0v) is 25.4. The second-order valence-electron chi connectivity index (χ2n) is 12.7. The first-order valence-electron chi connectivity index (χ1n) is 14.5. The van der Waals surface area contributed by atoms with Crippen molar-refractivity contribution in [3.05, 3.63) is 76.1 Å². The molecule has 1 saturated carbocycles. The third kappa shape index (κ3) is 7.60. The highest BCUT2D eigenvalue weighted by molar-refractivity contribution is 6.74. The van der Waals surface area contributed by atoms with Gasteiger partial charge >= 0.3 is 0 Å². The lowest BCUT2D eigenvalue weighted by Crippen LogP contribution is -2.44. The van der Waals surface area contributed by atoms with E-state index in [-0.39, 0.29) is 16.7 Å². The summed E-state index contributed by atoms with van der Waals surface area (Å²) in [7, 11) is -2.09. The molecule has 0 radical (unpaired) electrons. The van der Waals surface area contributed by atoms with Gasteiger partial charge in [-0.3, -0.25) is 4.79 Å². The number of ether oxygens (including phenoxy) is 1. The second-order valence-corrected chi connectivity index (χ2v) is 17.5. The van der Waals surface area contributed by atoms with Crippen molar-refractivity contribution in [2.75, 3.05) is 19.6 Å². The fraction of sp³-hybridized carbons (Fsp3) is 0.531. The van der Waals surface area contributed by atoms with Gasteiger partial charge in [-0.2, -0.15) is 0 Å². The summed E-state index contributed by atoms with van der Waals surface area (Å²) >= 11 is 0. The minimum atomic E-state index is -2.09. The molecule has 2 aromatic carbocycles. The predicted octanol–water partition coefficient (Wildman–Crippen LogP) is 6.52. The number of nitrogens with one attached hydrogen (secondary N) is 2. The van der Waals surface area contributed by atoms with Gasteiger partial charge in [0.1, 0.15) is 12.4 Å². The molecule has 7 heteroatoms. The molecule has 1 aliphatic carbocycles. The molecular formula is C32H47N3O3Si. The third-order valence-electron chi connectivity index (χ3n) is 8.71. The number of rotatable bonds is 11. The average molecular weight is 550 g/mol. The van der Waals surface area contributed by atoms with Crippen LogP contribution in [0.4, 0.5) is 0 Å². The summed E-state index contributed by atoms with van der Waals surface area (Å²) < 4.78 is 13.3. The van der Waals surface area contributed by atoms with E-state index in [0.717, 1.165) is 41.7 Å². The van der Waals surface area contributed by atoms with Gasteiger partial charge in [0.15, 0.2) is 8.32 Å². The Balaban J connectivity index is 1.61. The SMILES string of the molecule is CC(C)(C)[Si](C)(C)O[C@@H](CNCC1CCCC(CN)C1)c1ccc(OCc2ccccc2)c2[nH]c(=O)ccc12. The number of H-pyrrole nitrogens is 1. The van der Waals surface area contributed by atoms with E-state index in [4.69, 9.17) is 14.9 Å². The van der Waals surface area contributed by atoms with E-state index in [0.29, 0.717) is 24.2 Å². The highest BCUT2D eigenvalue weighted by atomic mass is 28.4. The molecule has 1 aromatic heterocycles. The zero-order valence-electron chi connectivity index (χ0n) is 24.4. The van der Waals surface area contributed by atoms with E-state index < -0.39 is 8.32 Å². The van der Waals surface area contributed by atoms with Crippen molar-refractivity contribution >= 4 is 19.2 Å². The Morgan fingerprint density at radius 2 is 1.79 bits per heavy atom. The smallest absolute Gasteiger partial charge is 0.248 e. The second kappa shape index (κ2) is 12.8. The third-order valence-corrected chi connectivity index (χ3v) is 13.2. The summed E-state index contributed by atoms with van der Waals surface area (Å²) in [6.45, 7) is 14.3. The Bertz CT molecular complexity index is 1270. The Hall–Kier alpha value is -2.45. The van der Waals surface area contributed by atoms with Crippen LogP contribution in [-0.4, -0.2) is 32.9 Å². The summed E-state index contributed by atoms with van der Waals surface area (Å²) in [6.07, 6.45) is 4.84. The van der Waals surface area contributed by atoms with Crippen LogP contribution in [0, 0.1) is 11.8 Å². The molecule has 212 valence electrons. The van der Waals surface area contributed by atoms with Crippen LogP contribution in [0.15, 0.2) is 59.4 Å². The maximum absolute atomic E-state index is 12.4. The summed E-state index contributed by atoms with van der Waals surface area (Å²) in [5.74, 6) is 1.97. The molecule has 0 spiro atoms. The van der Waals surface area contributed by atoms with Crippen LogP contribution >= 0.6 is 0 Å². The fourth-order valence-corrected chi connectivity index (χ4v) is 6.63. The minimum absolute atomic E-state index is 0.0752. The number of aromatic nitrogens is 1. The van der Waals surface area contributed by atoms with Crippen LogP contribution < -0.4 is 21.3 Å². The van der Waals surface area contributed by atoms with E-state index in [1.807, 2.05) is 42.5 Å². The monoisotopic (exact) mass is 549 g/mol. The van der Waals surface area contributed by atoms with E-state index in [1.165, 1.54) is 25.7 Å². The Morgan fingerprint density at radius 3 is 2.51 bits per heavy atom. The van der Waals surface area contributed by atoms with Gasteiger partial charge in [-0.1, -0.05) is 63.6 Å². The number of fused-ring (bicyclic) bond motifs is 1. The van der Waals surface area contributed by atoms with E-state index >= 15 is 0 Å². The Morgan fingerprint density at radius 1 is 1.05 bits per heavy atom. The molecule has 2 unspecified atom stereocenters. The summed E-state index contributed by atoms with van der Waals surface area (Å²) in [6, 6.07) is 17.7. The maximum atomic E-state index is 12.4. The van der Waals surface area contributed by atoms with Gasteiger partial charge < -0.3 is 25.2 Å². The number of nitrogens with two attached hydrogens (primary N) is 1. The Labute approximate surface area is 234 Å². The lowest BCUT2D eigenvalue weighted by atomic mass is 9.81. The maximum Gasteiger partial charge on any atom is 0.248 e. The topological polar surface area (TPSA) is 89.4 Å². The van der Waals surface area contributed by atoms with Crippen LogP contribution in [0.5, 0.6) is 5.75 Å². The molecule has 0 amide bonds. The molecule has 6 nitrogen and oxygen atoms in total. The molecule has 1 heterocycles. The number of hydrogen-bond acceptors (Lipinski definition) is 5. The number of aromatic amines is 1. The number of benzene rings is 2. The highest BCUT2D eigenvalue weighted by Gasteiger charge is 2.40. The first kappa shape index (κ1) is 29.5. The van der Waals surface area contributed by atoms with Crippen molar-refractivity contribution in [3.63, 3.8) is 0 Å². The Kier molecular flexibility index (Phi) is 9.70. The van der Waals surface area contributed by atoms with Crippen LogP contribution in [0.2, 0.25) is 18.1 Å².